The Morgan fingerprint density at radius 2 is 2.00 bits per heavy atom. The summed E-state index contributed by atoms with van der Waals surface area (Å²) in [5, 5.41) is 9.96. The van der Waals surface area contributed by atoms with Crippen molar-refractivity contribution in [3.8, 4) is 0 Å². The fourth-order valence-electron chi connectivity index (χ4n) is 3.20. The van der Waals surface area contributed by atoms with Crippen LogP contribution in [-0.2, 0) is 19.5 Å². The van der Waals surface area contributed by atoms with E-state index < -0.39 is 11.7 Å². The van der Waals surface area contributed by atoms with E-state index >= 15 is 0 Å². The van der Waals surface area contributed by atoms with Crippen LogP contribution in [0.3, 0.4) is 0 Å². The molecule has 1 aliphatic heterocycles. The van der Waals surface area contributed by atoms with Gasteiger partial charge in [-0.15, -0.1) is 0 Å². The van der Waals surface area contributed by atoms with E-state index in [1.807, 2.05) is 30.3 Å². The molecule has 2 aromatic heterocycles. The SMILES string of the molecule is O=C(NCc1ccccc1)c1cc2n(n1)C[C@@H](NC(=O)c1ccncc1F)C2. The molecule has 1 aromatic carbocycles. The number of fused-ring (bicyclic) bond motifs is 1. The van der Waals surface area contributed by atoms with E-state index in [9.17, 15) is 14.0 Å². The first-order chi connectivity index (χ1) is 13.6. The first-order valence-electron chi connectivity index (χ1n) is 8.89. The van der Waals surface area contributed by atoms with Gasteiger partial charge in [-0.25, -0.2) is 4.39 Å². The molecule has 4 rings (SSSR count). The molecule has 0 fully saturated rings. The molecular weight excluding hydrogens is 361 g/mol. The van der Waals surface area contributed by atoms with Crippen LogP contribution in [-0.4, -0.2) is 32.6 Å². The minimum absolute atomic E-state index is 0.0412. The molecule has 0 bridgehead atoms. The van der Waals surface area contributed by atoms with E-state index in [1.165, 1.54) is 12.3 Å². The predicted molar refractivity (Wildman–Crippen MR) is 99.0 cm³/mol. The Labute approximate surface area is 160 Å². The van der Waals surface area contributed by atoms with Gasteiger partial charge >= 0.3 is 0 Å². The topological polar surface area (TPSA) is 88.9 Å². The van der Waals surface area contributed by atoms with Crippen LogP contribution < -0.4 is 10.6 Å². The molecule has 1 atom stereocenters. The summed E-state index contributed by atoms with van der Waals surface area (Å²) in [5.41, 5.74) is 2.16. The normalized spacial score (nSPS) is 15.1. The standard InChI is InChI=1S/C20H18FN5O2/c21-17-11-22-7-6-16(17)19(27)24-14-8-15-9-18(25-26(15)12-14)20(28)23-10-13-4-2-1-3-5-13/h1-7,9,11,14H,8,10,12H2,(H,23,28)(H,24,27)/t14-/m0/s1. The predicted octanol–water partition coefficient (Wildman–Crippen LogP) is 1.70. The maximum absolute atomic E-state index is 13.7. The molecule has 3 aromatic rings. The highest BCUT2D eigenvalue weighted by Crippen LogP contribution is 2.17. The second kappa shape index (κ2) is 7.59. The van der Waals surface area contributed by atoms with Crippen LogP contribution in [0.4, 0.5) is 4.39 Å². The molecule has 0 spiro atoms. The molecule has 7 nitrogen and oxygen atoms in total. The number of hydrogen-bond donors (Lipinski definition) is 2. The van der Waals surface area contributed by atoms with Crippen LogP contribution in [0.25, 0.3) is 0 Å². The number of pyridine rings is 1. The molecule has 28 heavy (non-hydrogen) atoms. The molecule has 0 saturated carbocycles. The Bertz CT molecular complexity index is 995. The number of aromatic nitrogens is 3. The van der Waals surface area contributed by atoms with Crippen LogP contribution >= 0.6 is 0 Å². The maximum atomic E-state index is 13.7. The summed E-state index contributed by atoms with van der Waals surface area (Å²) in [4.78, 5) is 28.2. The first kappa shape index (κ1) is 17.8. The van der Waals surface area contributed by atoms with E-state index in [0.29, 0.717) is 25.2 Å². The summed E-state index contributed by atoms with van der Waals surface area (Å²) in [5.74, 6) is -1.39. The van der Waals surface area contributed by atoms with E-state index in [0.717, 1.165) is 17.5 Å². The quantitative estimate of drug-likeness (QED) is 0.706. The van der Waals surface area contributed by atoms with Crippen LogP contribution in [0.5, 0.6) is 0 Å². The van der Waals surface area contributed by atoms with Crippen LogP contribution in [0.1, 0.15) is 32.1 Å². The first-order valence-corrected chi connectivity index (χ1v) is 8.89. The van der Waals surface area contributed by atoms with Gasteiger partial charge in [-0.1, -0.05) is 30.3 Å². The van der Waals surface area contributed by atoms with Crippen molar-refractivity contribution in [1.82, 2.24) is 25.4 Å². The molecule has 2 N–H and O–H groups in total. The summed E-state index contributed by atoms with van der Waals surface area (Å²) in [6, 6.07) is 12.5. The Hall–Kier alpha value is -3.55. The summed E-state index contributed by atoms with van der Waals surface area (Å²) < 4.78 is 15.4. The second-order valence-electron chi connectivity index (χ2n) is 6.60. The van der Waals surface area contributed by atoms with Gasteiger partial charge in [0.2, 0.25) is 0 Å². The van der Waals surface area contributed by atoms with Crippen molar-refractivity contribution in [2.45, 2.75) is 25.6 Å². The van der Waals surface area contributed by atoms with Crippen molar-refractivity contribution in [2.75, 3.05) is 0 Å². The summed E-state index contributed by atoms with van der Waals surface area (Å²) in [6.07, 6.45) is 2.91. The molecule has 0 saturated heterocycles. The number of carbonyl (C=O) groups is 2. The third kappa shape index (κ3) is 3.75. The van der Waals surface area contributed by atoms with Gasteiger partial charge in [-0.05, 0) is 17.7 Å². The van der Waals surface area contributed by atoms with Crippen LogP contribution in [0.2, 0.25) is 0 Å². The van der Waals surface area contributed by atoms with Crippen molar-refractivity contribution < 1.29 is 14.0 Å². The molecule has 3 heterocycles. The zero-order valence-electron chi connectivity index (χ0n) is 14.9. The van der Waals surface area contributed by atoms with Gasteiger partial charge in [-0.2, -0.15) is 5.10 Å². The number of carbonyl (C=O) groups excluding carboxylic acids is 2. The highest BCUT2D eigenvalue weighted by atomic mass is 19.1. The third-order valence-electron chi connectivity index (χ3n) is 4.59. The fourth-order valence-corrected chi connectivity index (χ4v) is 3.20. The second-order valence-corrected chi connectivity index (χ2v) is 6.60. The Balaban J connectivity index is 1.34. The molecule has 0 unspecified atom stereocenters. The van der Waals surface area contributed by atoms with Crippen molar-refractivity contribution in [3.63, 3.8) is 0 Å². The lowest BCUT2D eigenvalue weighted by Gasteiger charge is -2.12. The number of nitrogens with zero attached hydrogens (tertiary/aromatic N) is 3. The van der Waals surface area contributed by atoms with Crippen molar-refractivity contribution in [1.29, 1.82) is 0 Å². The van der Waals surface area contributed by atoms with Crippen LogP contribution in [0.15, 0.2) is 54.9 Å². The number of halogens is 1. The third-order valence-corrected chi connectivity index (χ3v) is 4.59. The van der Waals surface area contributed by atoms with Gasteiger partial charge in [0.1, 0.15) is 5.69 Å². The molecule has 0 radical (unpaired) electrons. The number of hydrogen-bond acceptors (Lipinski definition) is 4. The largest absolute Gasteiger partial charge is 0.347 e. The summed E-state index contributed by atoms with van der Waals surface area (Å²) in [7, 11) is 0. The number of benzene rings is 1. The average Bonchev–Trinajstić information content (AvgIpc) is 3.26. The van der Waals surface area contributed by atoms with E-state index in [4.69, 9.17) is 0 Å². The summed E-state index contributed by atoms with van der Waals surface area (Å²) >= 11 is 0. The van der Waals surface area contributed by atoms with Gasteiger partial charge in [0.15, 0.2) is 5.82 Å². The van der Waals surface area contributed by atoms with Crippen molar-refractivity contribution in [2.24, 2.45) is 0 Å². The average molecular weight is 379 g/mol. The van der Waals surface area contributed by atoms with Gasteiger partial charge in [0.05, 0.1) is 24.3 Å². The smallest absolute Gasteiger partial charge is 0.272 e. The molecule has 8 heteroatoms. The van der Waals surface area contributed by atoms with Gasteiger partial charge < -0.3 is 10.6 Å². The lowest BCUT2D eigenvalue weighted by atomic mass is 10.1. The van der Waals surface area contributed by atoms with Gasteiger partial charge in [0, 0.05) is 24.9 Å². The van der Waals surface area contributed by atoms with Crippen molar-refractivity contribution >= 4 is 11.8 Å². The maximum Gasteiger partial charge on any atom is 0.272 e. The Kier molecular flexibility index (Phi) is 4.84. The van der Waals surface area contributed by atoms with E-state index in [-0.39, 0.29) is 17.5 Å². The number of nitrogens with one attached hydrogen (secondary N) is 2. The van der Waals surface area contributed by atoms with Gasteiger partial charge in [0.25, 0.3) is 11.8 Å². The Morgan fingerprint density at radius 1 is 1.18 bits per heavy atom. The molecular formula is C20H18FN5O2. The minimum Gasteiger partial charge on any atom is -0.347 e. The molecule has 1 aliphatic rings. The van der Waals surface area contributed by atoms with Crippen molar-refractivity contribution in [3.05, 3.63) is 83.2 Å². The van der Waals surface area contributed by atoms with E-state index in [1.54, 1.807) is 10.7 Å². The highest BCUT2D eigenvalue weighted by molar-refractivity contribution is 5.94. The lowest BCUT2D eigenvalue weighted by Crippen LogP contribution is -2.36. The highest BCUT2D eigenvalue weighted by Gasteiger charge is 2.27. The number of amides is 2. The van der Waals surface area contributed by atoms with Gasteiger partial charge in [-0.3, -0.25) is 19.3 Å². The number of rotatable bonds is 5. The van der Waals surface area contributed by atoms with E-state index in [2.05, 4.69) is 20.7 Å². The summed E-state index contributed by atoms with van der Waals surface area (Å²) in [6.45, 7) is 0.859. The zero-order chi connectivity index (χ0) is 19.5. The zero-order valence-corrected chi connectivity index (χ0v) is 14.9. The molecule has 0 aliphatic carbocycles. The molecule has 142 valence electrons. The minimum atomic E-state index is -0.659. The fraction of sp³-hybridized carbons (Fsp3) is 0.200. The van der Waals surface area contributed by atoms with Crippen LogP contribution in [0, 0.1) is 5.82 Å². The Morgan fingerprint density at radius 3 is 2.75 bits per heavy atom. The molecule has 2 amide bonds. The monoisotopic (exact) mass is 379 g/mol. The lowest BCUT2D eigenvalue weighted by molar-refractivity contribution is 0.0924.